The van der Waals surface area contributed by atoms with Crippen molar-refractivity contribution >= 4 is 17.9 Å². The molecular formula is C23H36O7. The predicted molar refractivity (Wildman–Crippen MR) is 115 cm³/mol. The van der Waals surface area contributed by atoms with Gasteiger partial charge in [0.2, 0.25) is 0 Å². The van der Waals surface area contributed by atoms with Gasteiger partial charge in [-0.05, 0) is 37.8 Å². The molecule has 0 fully saturated rings. The minimum absolute atomic E-state index is 0.245. The van der Waals surface area contributed by atoms with Crippen LogP contribution < -0.4 is 4.74 Å². The molecule has 170 valence electrons. The second kappa shape index (κ2) is 18.5. The molecule has 1 atom stereocenters. The molecule has 0 aliphatic rings. The van der Waals surface area contributed by atoms with Crippen LogP contribution in [0.2, 0.25) is 0 Å². The summed E-state index contributed by atoms with van der Waals surface area (Å²) < 4.78 is 5.42. The quantitative estimate of drug-likeness (QED) is 0.305. The van der Waals surface area contributed by atoms with Crippen LogP contribution >= 0.6 is 0 Å². The topological polar surface area (TPSA) is 121 Å². The van der Waals surface area contributed by atoms with Gasteiger partial charge in [0.05, 0.1) is 0 Å². The first-order valence-corrected chi connectivity index (χ1v) is 10.7. The highest BCUT2D eigenvalue weighted by molar-refractivity contribution is 5.72. The molecule has 0 saturated heterocycles. The molecule has 0 saturated carbocycles. The van der Waals surface area contributed by atoms with Crippen LogP contribution in [0.15, 0.2) is 30.3 Å². The van der Waals surface area contributed by atoms with Crippen LogP contribution in [-0.2, 0) is 14.4 Å². The zero-order chi connectivity index (χ0) is 22.6. The molecular weight excluding hydrogens is 388 g/mol. The second-order valence-corrected chi connectivity index (χ2v) is 7.16. The van der Waals surface area contributed by atoms with E-state index in [4.69, 9.17) is 20.1 Å². The van der Waals surface area contributed by atoms with Gasteiger partial charge in [0, 0.05) is 12.8 Å². The van der Waals surface area contributed by atoms with E-state index in [2.05, 4.69) is 6.92 Å². The maximum Gasteiger partial charge on any atom is 0.344 e. The minimum atomic E-state index is -0.889. The summed E-state index contributed by atoms with van der Waals surface area (Å²) in [6, 6.07) is 9.09. The number of unbranched alkanes of at least 4 members (excludes halogenated alkanes) is 7. The van der Waals surface area contributed by atoms with Gasteiger partial charge < -0.3 is 20.1 Å². The molecule has 1 rings (SSSR count). The van der Waals surface area contributed by atoms with Crippen LogP contribution in [0.1, 0.15) is 84.0 Å². The van der Waals surface area contributed by atoms with Crippen molar-refractivity contribution in [2.75, 3.05) is 0 Å². The van der Waals surface area contributed by atoms with E-state index in [1.165, 1.54) is 0 Å². The lowest BCUT2D eigenvalue weighted by molar-refractivity contribution is -0.145. The third-order valence-corrected chi connectivity index (χ3v) is 4.40. The van der Waals surface area contributed by atoms with Crippen molar-refractivity contribution in [3.05, 3.63) is 30.3 Å². The Morgan fingerprint density at radius 3 is 1.70 bits per heavy atom. The van der Waals surface area contributed by atoms with Crippen LogP contribution in [0.3, 0.4) is 0 Å². The van der Waals surface area contributed by atoms with Crippen molar-refractivity contribution < 1.29 is 34.4 Å². The Bertz CT molecular complexity index is 566. The summed E-state index contributed by atoms with van der Waals surface area (Å²) in [7, 11) is 0. The van der Waals surface area contributed by atoms with E-state index in [-0.39, 0.29) is 12.8 Å². The number of hydrogen-bond donors (Lipinski definition) is 3. The Labute approximate surface area is 179 Å². The van der Waals surface area contributed by atoms with Crippen molar-refractivity contribution in [3.63, 3.8) is 0 Å². The van der Waals surface area contributed by atoms with Crippen molar-refractivity contribution in [1.82, 2.24) is 0 Å². The van der Waals surface area contributed by atoms with Gasteiger partial charge in [-0.25, -0.2) is 4.79 Å². The summed E-state index contributed by atoms with van der Waals surface area (Å²) in [5.41, 5.74) is 0. The Kier molecular flexibility index (Phi) is 16.9. The van der Waals surface area contributed by atoms with Crippen molar-refractivity contribution in [2.45, 2.75) is 90.1 Å². The number of aliphatic carboxylic acids is 3. The number of rotatable bonds is 16. The number of carbonyl (C=O) groups is 3. The van der Waals surface area contributed by atoms with Gasteiger partial charge >= 0.3 is 17.9 Å². The lowest BCUT2D eigenvalue weighted by Gasteiger charge is -2.14. The van der Waals surface area contributed by atoms with Crippen LogP contribution in [-0.4, -0.2) is 39.3 Å². The van der Waals surface area contributed by atoms with E-state index < -0.39 is 24.0 Å². The molecule has 0 spiro atoms. The Morgan fingerprint density at radius 2 is 1.27 bits per heavy atom. The van der Waals surface area contributed by atoms with Gasteiger partial charge in [-0.3, -0.25) is 9.59 Å². The average molecular weight is 425 g/mol. The van der Waals surface area contributed by atoms with Crippen molar-refractivity contribution in [1.29, 1.82) is 0 Å². The van der Waals surface area contributed by atoms with E-state index in [1.807, 2.05) is 18.2 Å². The summed E-state index contributed by atoms with van der Waals surface area (Å²) in [6.45, 7) is 2.09. The molecule has 0 amide bonds. The number of carboxylic acids is 3. The molecule has 7 heteroatoms. The number of para-hydroxylation sites is 1. The number of hydrogen-bond acceptors (Lipinski definition) is 4. The van der Waals surface area contributed by atoms with Gasteiger partial charge in [-0.2, -0.15) is 0 Å². The normalized spacial score (nSPS) is 11.1. The highest BCUT2D eigenvalue weighted by Crippen LogP contribution is 2.14. The smallest absolute Gasteiger partial charge is 0.344 e. The lowest BCUT2D eigenvalue weighted by atomic mass is 10.1. The molecule has 1 unspecified atom stereocenters. The van der Waals surface area contributed by atoms with Gasteiger partial charge in [-0.1, -0.05) is 63.6 Å². The number of carboxylic acid groups (broad SMARTS) is 3. The van der Waals surface area contributed by atoms with E-state index in [0.717, 1.165) is 57.8 Å². The Balaban J connectivity index is 0.000000567. The average Bonchev–Trinajstić information content (AvgIpc) is 2.70. The molecule has 0 heterocycles. The lowest BCUT2D eigenvalue weighted by Crippen LogP contribution is -2.26. The third-order valence-electron chi connectivity index (χ3n) is 4.40. The van der Waals surface area contributed by atoms with Gasteiger partial charge in [0.25, 0.3) is 0 Å². The molecule has 7 nitrogen and oxygen atoms in total. The standard InChI is InChI=1S/C13H18O3.C10H18O4/c1-2-3-5-10-12(13(14)15)16-11-8-6-4-7-9-11;11-9(12)7-5-3-1-2-4-6-8-10(13)14/h4,6-9,12H,2-3,5,10H2,1H3,(H,14,15);1-8H2,(H,11,12)(H,13,14). The number of ether oxygens (including phenoxy) is 1. The maximum absolute atomic E-state index is 11.0. The SMILES string of the molecule is CCCCCC(Oc1ccccc1)C(=O)O.O=C(O)CCCCCCCCC(=O)O. The fourth-order valence-electron chi connectivity index (χ4n) is 2.74. The molecule has 0 aliphatic carbocycles. The molecule has 0 aliphatic heterocycles. The molecule has 1 aromatic carbocycles. The van der Waals surface area contributed by atoms with Crippen LogP contribution in [0.4, 0.5) is 0 Å². The van der Waals surface area contributed by atoms with Crippen molar-refractivity contribution in [3.8, 4) is 5.75 Å². The molecule has 0 bridgehead atoms. The summed E-state index contributed by atoms with van der Waals surface area (Å²) in [4.78, 5) is 31.3. The highest BCUT2D eigenvalue weighted by Gasteiger charge is 2.18. The summed E-state index contributed by atoms with van der Waals surface area (Å²) >= 11 is 0. The van der Waals surface area contributed by atoms with Gasteiger partial charge in [0.1, 0.15) is 5.75 Å². The van der Waals surface area contributed by atoms with E-state index >= 15 is 0 Å². The second-order valence-electron chi connectivity index (χ2n) is 7.16. The van der Waals surface area contributed by atoms with E-state index in [0.29, 0.717) is 12.2 Å². The zero-order valence-corrected chi connectivity index (χ0v) is 17.9. The predicted octanol–water partition coefficient (Wildman–Crippen LogP) is 5.38. The van der Waals surface area contributed by atoms with Gasteiger partial charge in [-0.15, -0.1) is 0 Å². The monoisotopic (exact) mass is 424 g/mol. The maximum atomic E-state index is 11.0. The zero-order valence-electron chi connectivity index (χ0n) is 17.9. The minimum Gasteiger partial charge on any atom is -0.481 e. The molecule has 30 heavy (non-hydrogen) atoms. The van der Waals surface area contributed by atoms with Crippen molar-refractivity contribution in [2.24, 2.45) is 0 Å². The largest absolute Gasteiger partial charge is 0.481 e. The summed E-state index contributed by atoms with van der Waals surface area (Å²) in [5.74, 6) is -1.75. The number of benzene rings is 1. The molecule has 1 aromatic rings. The van der Waals surface area contributed by atoms with E-state index in [1.54, 1.807) is 12.1 Å². The Morgan fingerprint density at radius 1 is 0.767 bits per heavy atom. The highest BCUT2D eigenvalue weighted by atomic mass is 16.5. The fraction of sp³-hybridized carbons (Fsp3) is 0.609. The first kappa shape index (κ1) is 27.4. The summed E-state index contributed by atoms with van der Waals surface area (Å²) in [6.07, 6.45) is 8.68. The fourth-order valence-corrected chi connectivity index (χ4v) is 2.74. The Hall–Kier alpha value is -2.57. The van der Waals surface area contributed by atoms with Crippen LogP contribution in [0.25, 0.3) is 0 Å². The summed E-state index contributed by atoms with van der Waals surface area (Å²) in [5, 5.41) is 25.7. The molecule has 0 radical (unpaired) electrons. The first-order chi connectivity index (χ1) is 14.4. The third kappa shape index (κ3) is 17.5. The van der Waals surface area contributed by atoms with Crippen LogP contribution in [0, 0.1) is 0 Å². The van der Waals surface area contributed by atoms with E-state index in [9.17, 15) is 14.4 Å². The molecule has 3 N–H and O–H groups in total. The van der Waals surface area contributed by atoms with Crippen LogP contribution in [0.5, 0.6) is 5.75 Å². The first-order valence-electron chi connectivity index (χ1n) is 10.7. The molecule has 0 aromatic heterocycles. The van der Waals surface area contributed by atoms with Gasteiger partial charge in [0.15, 0.2) is 6.10 Å².